The summed E-state index contributed by atoms with van der Waals surface area (Å²) in [4.78, 5) is 26.2. The van der Waals surface area contributed by atoms with Crippen LogP contribution in [0, 0.1) is 11.8 Å². The van der Waals surface area contributed by atoms with Crippen LogP contribution in [0.2, 0.25) is 0 Å². The van der Waals surface area contributed by atoms with Crippen LogP contribution in [0.3, 0.4) is 0 Å². The minimum absolute atomic E-state index is 0.0940. The van der Waals surface area contributed by atoms with Crippen LogP contribution in [0.25, 0.3) is 0 Å². The number of carbonyl (C=O) groups is 2. The van der Waals surface area contributed by atoms with Gasteiger partial charge in [0.2, 0.25) is 0 Å². The van der Waals surface area contributed by atoms with Gasteiger partial charge in [-0.3, -0.25) is 4.79 Å². The second kappa shape index (κ2) is 5.99. The second-order valence-corrected chi connectivity index (χ2v) is 6.37. The van der Waals surface area contributed by atoms with Gasteiger partial charge in [0.1, 0.15) is 5.75 Å². The molecule has 0 spiro atoms. The summed E-state index contributed by atoms with van der Waals surface area (Å²) >= 11 is 0. The molecule has 2 aliphatic rings. The number of rotatable bonds is 2. The second-order valence-electron chi connectivity index (χ2n) is 6.37. The third-order valence-corrected chi connectivity index (χ3v) is 4.72. The summed E-state index contributed by atoms with van der Waals surface area (Å²) in [6.07, 6.45) is 4.86. The molecule has 5 nitrogen and oxygen atoms in total. The van der Waals surface area contributed by atoms with E-state index in [2.05, 4.69) is 4.74 Å². The molecule has 1 aliphatic heterocycles. The number of likely N-dealkylation sites (tertiary alicyclic amines) is 1. The molecule has 0 aromatic heterocycles. The number of methoxy groups -OCH3 is 1. The monoisotopic (exact) mass is 303 g/mol. The van der Waals surface area contributed by atoms with Gasteiger partial charge in [-0.1, -0.05) is 6.42 Å². The van der Waals surface area contributed by atoms with Crippen molar-refractivity contribution >= 4 is 11.9 Å². The molecule has 2 atom stereocenters. The van der Waals surface area contributed by atoms with Crippen LogP contribution in [0.1, 0.15) is 46.4 Å². The van der Waals surface area contributed by atoms with E-state index in [4.69, 9.17) is 0 Å². The summed E-state index contributed by atoms with van der Waals surface area (Å²) in [6.45, 7) is 1.55. The minimum Gasteiger partial charge on any atom is -0.508 e. The van der Waals surface area contributed by atoms with Crippen molar-refractivity contribution < 1.29 is 19.4 Å². The van der Waals surface area contributed by atoms with Crippen LogP contribution in [-0.2, 0) is 4.74 Å². The quantitative estimate of drug-likeness (QED) is 0.852. The van der Waals surface area contributed by atoms with Crippen LogP contribution in [0.5, 0.6) is 5.75 Å². The van der Waals surface area contributed by atoms with Crippen molar-refractivity contribution in [2.24, 2.45) is 11.8 Å². The first-order valence-electron chi connectivity index (χ1n) is 7.78. The van der Waals surface area contributed by atoms with E-state index in [1.165, 1.54) is 51.0 Å². The van der Waals surface area contributed by atoms with E-state index in [-0.39, 0.29) is 17.2 Å². The van der Waals surface area contributed by atoms with Crippen molar-refractivity contribution in [3.8, 4) is 5.75 Å². The standard InChI is InChI=1S/C17H21NO4/c1-22-17(21)14-6-13(7-15(19)8-14)16(20)18-9-11-3-2-4-12(5-11)10-18/h6-8,11-12,19H,2-5,9-10H2,1H3/t11-,12-/m0/s1. The van der Waals surface area contributed by atoms with Crippen LogP contribution in [0.4, 0.5) is 0 Å². The van der Waals surface area contributed by atoms with E-state index in [0.717, 1.165) is 13.1 Å². The van der Waals surface area contributed by atoms with Gasteiger partial charge in [0, 0.05) is 18.7 Å². The molecule has 3 rings (SSSR count). The minimum atomic E-state index is -0.555. The molecule has 2 fully saturated rings. The molecule has 1 saturated heterocycles. The molecule has 5 heteroatoms. The summed E-state index contributed by atoms with van der Waals surface area (Å²) in [6, 6.07) is 4.23. The number of benzene rings is 1. The summed E-state index contributed by atoms with van der Waals surface area (Å²) in [5.41, 5.74) is 0.545. The number of hydrogen-bond acceptors (Lipinski definition) is 4. The van der Waals surface area contributed by atoms with Gasteiger partial charge in [0.25, 0.3) is 5.91 Å². The first-order valence-corrected chi connectivity index (χ1v) is 7.78. The number of ether oxygens (including phenoxy) is 1. The lowest BCUT2D eigenvalue weighted by atomic mass is 9.78. The van der Waals surface area contributed by atoms with Gasteiger partial charge >= 0.3 is 5.97 Å². The Morgan fingerprint density at radius 3 is 2.41 bits per heavy atom. The maximum Gasteiger partial charge on any atom is 0.338 e. The molecule has 1 aromatic carbocycles. The molecule has 1 aliphatic carbocycles. The Morgan fingerprint density at radius 1 is 1.14 bits per heavy atom. The van der Waals surface area contributed by atoms with E-state index in [1.54, 1.807) is 0 Å². The number of fused-ring (bicyclic) bond motifs is 2. The highest BCUT2D eigenvalue weighted by molar-refractivity contribution is 5.98. The smallest absolute Gasteiger partial charge is 0.338 e. The third kappa shape index (κ3) is 2.93. The Bertz CT molecular complexity index is 586. The Hall–Kier alpha value is -2.04. The van der Waals surface area contributed by atoms with E-state index >= 15 is 0 Å². The predicted octanol–water partition coefficient (Wildman–Crippen LogP) is 2.44. The molecule has 1 heterocycles. The number of hydrogen-bond donors (Lipinski definition) is 1. The maximum atomic E-state index is 12.7. The molecule has 1 saturated carbocycles. The van der Waals surface area contributed by atoms with Crippen LogP contribution >= 0.6 is 0 Å². The molecule has 22 heavy (non-hydrogen) atoms. The average Bonchev–Trinajstić information content (AvgIpc) is 2.52. The van der Waals surface area contributed by atoms with Gasteiger partial charge in [0.05, 0.1) is 12.7 Å². The molecule has 0 unspecified atom stereocenters. The highest BCUT2D eigenvalue weighted by atomic mass is 16.5. The molecular weight excluding hydrogens is 282 g/mol. The fourth-order valence-electron chi connectivity index (χ4n) is 3.75. The predicted molar refractivity (Wildman–Crippen MR) is 80.8 cm³/mol. The highest BCUT2D eigenvalue weighted by Crippen LogP contribution is 2.35. The summed E-state index contributed by atoms with van der Waals surface area (Å²) in [5, 5.41) is 9.77. The van der Waals surface area contributed by atoms with Crippen molar-refractivity contribution in [2.75, 3.05) is 20.2 Å². The van der Waals surface area contributed by atoms with Crippen LogP contribution < -0.4 is 0 Å². The summed E-state index contributed by atoms with van der Waals surface area (Å²) in [7, 11) is 1.28. The lowest BCUT2D eigenvalue weighted by Crippen LogP contribution is -2.45. The zero-order chi connectivity index (χ0) is 15.7. The van der Waals surface area contributed by atoms with E-state index in [0.29, 0.717) is 17.4 Å². The molecule has 2 bridgehead atoms. The zero-order valence-corrected chi connectivity index (χ0v) is 12.7. The van der Waals surface area contributed by atoms with Crippen LogP contribution in [0.15, 0.2) is 18.2 Å². The molecule has 118 valence electrons. The van der Waals surface area contributed by atoms with Gasteiger partial charge in [-0.2, -0.15) is 0 Å². The Balaban J connectivity index is 1.82. The van der Waals surface area contributed by atoms with Gasteiger partial charge < -0.3 is 14.7 Å². The van der Waals surface area contributed by atoms with Crippen molar-refractivity contribution in [1.29, 1.82) is 0 Å². The van der Waals surface area contributed by atoms with Crippen molar-refractivity contribution in [2.45, 2.75) is 25.7 Å². The SMILES string of the molecule is COC(=O)c1cc(O)cc(C(=O)N2C[C@H]3CCC[C@@H](C3)C2)c1. The fourth-order valence-corrected chi connectivity index (χ4v) is 3.75. The largest absolute Gasteiger partial charge is 0.508 e. The Kier molecular flexibility index (Phi) is 4.05. The zero-order valence-electron chi connectivity index (χ0n) is 12.7. The Morgan fingerprint density at radius 2 is 1.77 bits per heavy atom. The number of carbonyl (C=O) groups excluding carboxylic acids is 2. The first-order chi connectivity index (χ1) is 10.6. The lowest BCUT2D eigenvalue weighted by molar-refractivity contribution is 0.0504. The van der Waals surface area contributed by atoms with Gasteiger partial charge in [-0.15, -0.1) is 0 Å². The molecule has 1 N–H and O–H groups in total. The number of esters is 1. The van der Waals surface area contributed by atoms with Crippen molar-refractivity contribution in [3.05, 3.63) is 29.3 Å². The molecule has 0 radical (unpaired) electrons. The van der Waals surface area contributed by atoms with Crippen molar-refractivity contribution in [1.82, 2.24) is 4.90 Å². The normalized spacial score (nSPS) is 24.0. The van der Waals surface area contributed by atoms with Crippen LogP contribution in [-0.4, -0.2) is 42.1 Å². The van der Waals surface area contributed by atoms with Gasteiger partial charge in [-0.25, -0.2) is 4.79 Å². The first kappa shape index (κ1) is 14.9. The number of piperidine rings is 1. The lowest BCUT2D eigenvalue weighted by Gasteiger charge is -2.41. The molecular formula is C17H21NO4. The number of phenols is 1. The number of amides is 1. The number of nitrogens with zero attached hydrogens (tertiary/aromatic N) is 1. The third-order valence-electron chi connectivity index (χ3n) is 4.72. The van der Waals surface area contributed by atoms with E-state index in [9.17, 15) is 14.7 Å². The summed E-state index contributed by atoms with van der Waals surface area (Å²) < 4.78 is 4.66. The molecule has 1 amide bonds. The topological polar surface area (TPSA) is 66.8 Å². The molecule has 1 aromatic rings. The van der Waals surface area contributed by atoms with E-state index in [1.807, 2.05) is 4.90 Å². The maximum absolute atomic E-state index is 12.7. The summed E-state index contributed by atoms with van der Waals surface area (Å²) in [5.74, 6) is 0.421. The van der Waals surface area contributed by atoms with Gasteiger partial charge in [0.15, 0.2) is 0 Å². The van der Waals surface area contributed by atoms with Crippen molar-refractivity contribution in [3.63, 3.8) is 0 Å². The van der Waals surface area contributed by atoms with E-state index < -0.39 is 5.97 Å². The fraction of sp³-hybridized carbons (Fsp3) is 0.529. The van der Waals surface area contributed by atoms with Gasteiger partial charge in [-0.05, 0) is 49.3 Å². The number of aromatic hydroxyl groups is 1. The average molecular weight is 303 g/mol. The Labute approximate surface area is 129 Å². The number of phenolic OH excluding ortho intramolecular Hbond substituents is 1. The highest BCUT2D eigenvalue weighted by Gasteiger charge is 2.33.